The maximum atomic E-state index is 12.1. The lowest BCUT2D eigenvalue weighted by Gasteiger charge is -2.22. The highest BCUT2D eigenvalue weighted by Crippen LogP contribution is 2.15. The highest BCUT2D eigenvalue weighted by molar-refractivity contribution is 6.30. The maximum absolute atomic E-state index is 12.1. The van der Waals surface area contributed by atoms with Crippen LogP contribution in [0.5, 0.6) is 0 Å². The van der Waals surface area contributed by atoms with E-state index < -0.39 is 0 Å². The number of benzene rings is 1. The third kappa shape index (κ3) is 8.00. The number of amides is 2. The largest absolute Gasteiger partial charge is 0.347 e. The van der Waals surface area contributed by atoms with Crippen molar-refractivity contribution in [2.24, 2.45) is 0 Å². The van der Waals surface area contributed by atoms with Crippen LogP contribution in [0.25, 0.3) is 0 Å². The van der Waals surface area contributed by atoms with Gasteiger partial charge in [-0.15, -0.1) is 0 Å². The van der Waals surface area contributed by atoms with Crippen molar-refractivity contribution in [3.8, 4) is 0 Å². The zero-order valence-corrected chi connectivity index (χ0v) is 15.3. The van der Waals surface area contributed by atoms with Gasteiger partial charge < -0.3 is 15.5 Å². The molecule has 0 aromatic heterocycles. The minimum atomic E-state index is -0.261. The van der Waals surface area contributed by atoms with E-state index in [4.69, 9.17) is 11.6 Å². The second kappa shape index (κ2) is 8.31. The first-order valence-electron chi connectivity index (χ1n) is 7.74. The van der Waals surface area contributed by atoms with Crippen LogP contribution in [0.15, 0.2) is 24.3 Å². The highest BCUT2D eigenvalue weighted by atomic mass is 35.5. The molecule has 0 heterocycles. The van der Waals surface area contributed by atoms with E-state index in [0.29, 0.717) is 5.02 Å². The molecule has 0 aliphatic rings. The molecule has 23 heavy (non-hydrogen) atoms. The van der Waals surface area contributed by atoms with Crippen LogP contribution in [0, 0.1) is 0 Å². The molecular weight excluding hydrogens is 314 g/mol. The van der Waals surface area contributed by atoms with E-state index >= 15 is 0 Å². The van der Waals surface area contributed by atoms with Gasteiger partial charge in [-0.05, 0) is 45.4 Å². The lowest BCUT2D eigenvalue weighted by atomic mass is 10.1. The summed E-state index contributed by atoms with van der Waals surface area (Å²) in [6, 6.07) is 7.28. The number of halogens is 1. The zero-order chi connectivity index (χ0) is 17.6. The van der Waals surface area contributed by atoms with E-state index in [1.165, 1.54) is 0 Å². The van der Waals surface area contributed by atoms with Crippen LogP contribution in [-0.4, -0.2) is 37.5 Å². The molecule has 1 unspecified atom stereocenters. The van der Waals surface area contributed by atoms with Gasteiger partial charge in [0.05, 0.1) is 13.1 Å². The first-order valence-corrected chi connectivity index (χ1v) is 8.12. The number of hydrogen-bond donors (Lipinski definition) is 3. The predicted octanol–water partition coefficient (Wildman–Crippen LogP) is 0.947. The highest BCUT2D eigenvalue weighted by Gasteiger charge is 2.19. The minimum Gasteiger partial charge on any atom is -0.347 e. The van der Waals surface area contributed by atoms with Gasteiger partial charge in [0.1, 0.15) is 0 Å². The first kappa shape index (κ1) is 19.5. The number of rotatable bonds is 6. The Kier molecular flexibility index (Phi) is 7.03. The molecule has 0 aliphatic heterocycles. The Morgan fingerprint density at radius 2 is 1.65 bits per heavy atom. The lowest BCUT2D eigenvalue weighted by Crippen LogP contribution is -3.11. The number of hydrogen-bond acceptors (Lipinski definition) is 2. The van der Waals surface area contributed by atoms with E-state index in [0.717, 1.165) is 10.5 Å². The molecule has 0 radical (unpaired) electrons. The summed E-state index contributed by atoms with van der Waals surface area (Å²) in [6.45, 7) is 8.22. The smallest absolute Gasteiger partial charge is 0.275 e. The Morgan fingerprint density at radius 1 is 1.13 bits per heavy atom. The molecule has 3 N–H and O–H groups in total. The van der Waals surface area contributed by atoms with E-state index in [-0.39, 0.29) is 36.5 Å². The molecule has 0 spiro atoms. The lowest BCUT2D eigenvalue weighted by molar-refractivity contribution is -0.862. The molecular formula is C17H27ClN3O2+. The van der Waals surface area contributed by atoms with Crippen LogP contribution in [-0.2, 0) is 9.59 Å². The van der Waals surface area contributed by atoms with Gasteiger partial charge in [-0.25, -0.2) is 0 Å². The summed E-state index contributed by atoms with van der Waals surface area (Å²) in [5, 5.41) is 6.49. The molecule has 0 aliphatic carbocycles. The van der Waals surface area contributed by atoms with Crippen LogP contribution in [0.4, 0.5) is 0 Å². The molecule has 0 fully saturated rings. The van der Waals surface area contributed by atoms with Crippen molar-refractivity contribution in [1.29, 1.82) is 0 Å². The summed E-state index contributed by atoms with van der Waals surface area (Å²) in [4.78, 5) is 24.8. The Hall–Kier alpha value is -1.59. The molecule has 1 aromatic carbocycles. The average Bonchev–Trinajstić information content (AvgIpc) is 2.36. The normalized spacial score (nSPS) is 14.0. The second-order valence-corrected chi connectivity index (χ2v) is 7.39. The van der Waals surface area contributed by atoms with Crippen LogP contribution in [0.2, 0.25) is 5.02 Å². The number of nitrogens with one attached hydrogen (secondary N) is 3. The summed E-state index contributed by atoms with van der Waals surface area (Å²) < 4.78 is 0. The van der Waals surface area contributed by atoms with Crippen LogP contribution >= 0.6 is 11.6 Å². The van der Waals surface area contributed by atoms with Gasteiger partial charge in [0.2, 0.25) is 0 Å². The van der Waals surface area contributed by atoms with E-state index in [9.17, 15) is 9.59 Å². The monoisotopic (exact) mass is 340 g/mol. The molecule has 0 saturated carbocycles. The third-order valence-corrected chi connectivity index (χ3v) is 3.44. The van der Waals surface area contributed by atoms with Crippen molar-refractivity contribution < 1.29 is 14.5 Å². The quantitative estimate of drug-likeness (QED) is 0.722. The van der Waals surface area contributed by atoms with Crippen LogP contribution in [0.1, 0.15) is 39.3 Å². The SMILES string of the molecule is C[C@@H](NC(=O)C[NH+](C)CC(=O)NC(C)(C)C)c1ccc(Cl)cc1. The van der Waals surface area contributed by atoms with E-state index in [1.807, 2.05) is 46.9 Å². The number of likely N-dealkylation sites (N-methyl/N-ethyl adjacent to an activating group) is 1. The molecule has 0 saturated heterocycles. The molecule has 0 bridgehead atoms. The average molecular weight is 341 g/mol. The summed E-state index contributed by atoms with van der Waals surface area (Å²) in [5.41, 5.74) is 0.730. The number of carbonyl (C=O) groups excluding carboxylic acids is 2. The Morgan fingerprint density at radius 3 is 2.17 bits per heavy atom. The van der Waals surface area contributed by atoms with Crippen molar-refractivity contribution in [2.45, 2.75) is 39.3 Å². The molecule has 6 heteroatoms. The fourth-order valence-electron chi connectivity index (χ4n) is 2.20. The molecule has 2 amide bonds. The molecule has 128 valence electrons. The van der Waals surface area contributed by atoms with Gasteiger partial charge >= 0.3 is 0 Å². The summed E-state index contributed by atoms with van der Waals surface area (Å²) in [6.07, 6.45) is 0. The van der Waals surface area contributed by atoms with Gasteiger partial charge in [0, 0.05) is 10.6 Å². The Labute approximate surface area is 143 Å². The zero-order valence-electron chi connectivity index (χ0n) is 14.5. The molecule has 1 rings (SSSR count). The van der Waals surface area contributed by atoms with Gasteiger partial charge in [-0.1, -0.05) is 23.7 Å². The molecule has 2 atom stereocenters. The number of carbonyl (C=O) groups is 2. The Bertz CT molecular complexity index is 538. The van der Waals surface area contributed by atoms with Crippen molar-refractivity contribution in [3.63, 3.8) is 0 Å². The van der Waals surface area contributed by atoms with Gasteiger partial charge in [0.15, 0.2) is 13.1 Å². The summed E-state index contributed by atoms with van der Waals surface area (Å²) in [5.74, 6) is -0.151. The molecule has 1 aromatic rings. The van der Waals surface area contributed by atoms with Crippen LogP contribution < -0.4 is 15.5 Å². The predicted molar refractivity (Wildman–Crippen MR) is 92.5 cm³/mol. The van der Waals surface area contributed by atoms with Gasteiger partial charge in [-0.2, -0.15) is 0 Å². The van der Waals surface area contributed by atoms with Crippen molar-refractivity contribution >= 4 is 23.4 Å². The standard InChI is InChI=1S/C17H26ClN3O2/c1-12(13-6-8-14(18)9-7-13)19-15(22)10-21(5)11-16(23)20-17(2,3)4/h6-9,12H,10-11H2,1-5H3,(H,19,22)(H,20,23)/p+1/t12-/m1/s1. The summed E-state index contributed by atoms with van der Waals surface area (Å²) in [7, 11) is 1.83. The van der Waals surface area contributed by atoms with E-state index in [1.54, 1.807) is 12.1 Å². The van der Waals surface area contributed by atoms with Crippen molar-refractivity contribution in [1.82, 2.24) is 10.6 Å². The third-order valence-electron chi connectivity index (χ3n) is 3.19. The second-order valence-electron chi connectivity index (χ2n) is 6.95. The fourth-order valence-corrected chi connectivity index (χ4v) is 2.33. The maximum Gasteiger partial charge on any atom is 0.275 e. The van der Waals surface area contributed by atoms with Crippen LogP contribution in [0.3, 0.4) is 0 Å². The van der Waals surface area contributed by atoms with E-state index in [2.05, 4.69) is 10.6 Å². The van der Waals surface area contributed by atoms with Gasteiger partial charge in [-0.3, -0.25) is 9.59 Å². The Balaban J connectivity index is 2.43. The first-order chi connectivity index (χ1) is 10.6. The topological polar surface area (TPSA) is 62.6 Å². The van der Waals surface area contributed by atoms with Crippen molar-refractivity contribution in [2.75, 3.05) is 20.1 Å². The fraction of sp³-hybridized carbons (Fsp3) is 0.529. The number of quaternary nitrogens is 1. The summed E-state index contributed by atoms with van der Waals surface area (Å²) >= 11 is 5.86. The molecule has 5 nitrogen and oxygen atoms in total. The van der Waals surface area contributed by atoms with Gasteiger partial charge in [0.25, 0.3) is 11.8 Å². The minimum absolute atomic E-state index is 0.0615. The van der Waals surface area contributed by atoms with Crippen molar-refractivity contribution in [3.05, 3.63) is 34.9 Å².